The fraction of sp³-hybridized carbons (Fsp3) is 0.426. The molecule has 13 heteroatoms. The van der Waals surface area contributed by atoms with Crippen LogP contribution in [0, 0.1) is 11.6 Å². The van der Waals surface area contributed by atoms with Crippen LogP contribution < -0.4 is 10.6 Å². The van der Waals surface area contributed by atoms with E-state index in [0.717, 1.165) is 46.9 Å². The molecule has 3 atom stereocenters. The van der Waals surface area contributed by atoms with Crippen molar-refractivity contribution in [3.05, 3.63) is 143 Å². The molecule has 0 fully saturated rings. The van der Waals surface area contributed by atoms with Gasteiger partial charge >= 0.3 is 6.09 Å². The van der Waals surface area contributed by atoms with Gasteiger partial charge in [-0.2, -0.15) is 0 Å². The second kappa shape index (κ2) is 24.2. The first kappa shape index (κ1) is 47.5. The molecule has 0 aliphatic carbocycles. The van der Waals surface area contributed by atoms with Gasteiger partial charge in [0.2, 0.25) is 11.8 Å². The van der Waals surface area contributed by atoms with E-state index in [4.69, 9.17) is 4.74 Å². The van der Waals surface area contributed by atoms with Crippen LogP contribution in [0.4, 0.5) is 13.6 Å². The molecule has 0 heterocycles. The fourth-order valence-corrected chi connectivity index (χ4v) is 9.29. The van der Waals surface area contributed by atoms with Gasteiger partial charge < -0.3 is 25.4 Å². The summed E-state index contributed by atoms with van der Waals surface area (Å²) < 4.78 is 61.9. The second-order valence-corrected chi connectivity index (χ2v) is 17.6. The average Bonchev–Trinajstić information content (AvgIpc) is 3.23. The number of aliphatic hydroxyl groups excluding tert-OH is 1. The zero-order valence-electron chi connectivity index (χ0n) is 34.8. The molecule has 4 aromatic carbocycles. The quantitative estimate of drug-likeness (QED) is 0.0658. The van der Waals surface area contributed by atoms with E-state index in [2.05, 4.69) is 10.6 Å². The van der Waals surface area contributed by atoms with Gasteiger partial charge in [-0.05, 0) is 78.5 Å². The average molecular weight is 848 g/mol. The van der Waals surface area contributed by atoms with E-state index >= 15 is 0 Å². The summed E-state index contributed by atoms with van der Waals surface area (Å²) in [5.41, 5.74) is 3.69. The summed E-state index contributed by atoms with van der Waals surface area (Å²) in [6, 6.07) is 26.3. The molecular weight excluding hydrogens is 789 g/mol. The number of benzene rings is 4. The molecular formula is C47H59F2N3O7S. The van der Waals surface area contributed by atoms with Crippen molar-refractivity contribution < 1.29 is 41.4 Å². The van der Waals surface area contributed by atoms with Crippen LogP contribution in [0.2, 0.25) is 0 Å². The first-order valence-corrected chi connectivity index (χ1v) is 22.5. The molecule has 0 unspecified atom stereocenters. The maximum atomic E-state index is 14.3. The highest BCUT2D eigenvalue weighted by molar-refractivity contribution is 7.92. The topological polar surface area (TPSA) is 142 Å². The van der Waals surface area contributed by atoms with Crippen LogP contribution >= 0.6 is 0 Å². The van der Waals surface area contributed by atoms with E-state index in [1.807, 2.05) is 106 Å². The van der Waals surface area contributed by atoms with Crippen LogP contribution in [-0.2, 0) is 56.6 Å². The monoisotopic (exact) mass is 847 g/mol. The third-order valence-electron chi connectivity index (χ3n) is 10.4. The minimum atomic E-state index is -3.92. The number of ether oxygens (including phenoxy) is 1. The number of rotatable bonds is 24. The lowest BCUT2D eigenvalue weighted by Crippen LogP contribution is -2.57. The number of aliphatic hydroxyl groups is 1. The van der Waals surface area contributed by atoms with Gasteiger partial charge in [0.25, 0.3) is 0 Å². The molecule has 0 radical (unpaired) electrons. The van der Waals surface area contributed by atoms with Crippen molar-refractivity contribution in [1.82, 2.24) is 15.5 Å². The third-order valence-corrected chi connectivity index (χ3v) is 12.7. The number of nitrogens with one attached hydrogen (secondary N) is 2. The lowest BCUT2D eigenvalue weighted by atomic mass is 9.99. The van der Waals surface area contributed by atoms with Crippen molar-refractivity contribution in [2.75, 3.05) is 12.3 Å². The summed E-state index contributed by atoms with van der Waals surface area (Å²) in [6.07, 6.45) is 0.778. The van der Waals surface area contributed by atoms with Gasteiger partial charge in [-0.1, -0.05) is 119 Å². The van der Waals surface area contributed by atoms with Crippen molar-refractivity contribution in [3.63, 3.8) is 0 Å². The Morgan fingerprint density at radius 2 is 1.32 bits per heavy atom. The van der Waals surface area contributed by atoms with E-state index in [1.54, 1.807) is 0 Å². The molecule has 0 aliphatic heterocycles. The summed E-state index contributed by atoms with van der Waals surface area (Å²) >= 11 is 0. The molecule has 4 rings (SSSR count). The van der Waals surface area contributed by atoms with Gasteiger partial charge in [0.15, 0.2) is 9.84 Å². The number of amides is 3. The molecule has 60 heavy (non-hydrogen) atoms. The van der Waals surface area contributed by atoms with Gasteiger partial charge in [-0.25, -0.2) is 22.0 Å². The first-order chi connectivity index (χ1) is 28.8. The zero-order chi connectivity index (χ0) is 43.5. The van der Waals surface area contributed by atoms with Crippen LogP contribution in [0.5, 0.6) is 0 Å². The van der Waals surface area contributed by atoms with Crippen LogP contribution in [0.15, 0.2) is 103 Å². The summed E-state index contributed by atoms with van der Waals surface area (Å²) in [7, 11) is -3.92. The Labute approximate surface area is 353 Å². The smallest absolute Gasteiger partial charge is 0.410 e. The minimum absolute atomic E-state index is 0.00480. The molecule has 324 valence electrons. The highest BCUT2D eigenvalue weighted by atomic mass is 32.2. The molecule has 3 amide bonds. The molecule has 0 saturated carbocycles. The lowest BCUT2D eigenvalue weighted by Gasteiger charge is -2.31. The van der Waals surface area contributed by atoms with Gasteiger partial charge in [0, 0.05) is 19.0 Å². The van der Waals surface area contributed by atoms with Crippen molar-refractivity contribution in [3.8, 4) is 0 Å². The van der Waals surface area contributed by atoms with E-state index in [0.29, 0.717) is 32.1 Å². The Morgan fingerprint density at radius 1 is 0.717 bits per heavy atom. The molecule has 4 aromatic rings. The van der Waals surface area contributed by atoms with E-state index in [1.165, 1.54) is 4.90 Å². The zero-order valence-corrected chi connectivity index (χ0v) is 35.6. The highest BCUT2D eigenvalue weighted by Crippen LogP contribution is 2.19. The van der Waals surface area contributed by atoms with Crippen LogP contribution in [0.1, 0.15) is 87.1 Å². The summed E-state index contributed by atoms with van der Waals surface area (Å²) in [5.74, 6) is -3.67. The van der Waals surface area contributed by atoms with E-state index in [-0.39, 0.29) is 44.5 Å². The SMILES string of the molecule is CCCC(CCC)S(=O)(=O)C[C@H](NC(=O)CCc1ccccc1)C(=O)N[C@@H](CCc1cc(F)cc(F)c1)[C@H](O)CN(Cc1cccc(CC)c1)C(=O)OCc1ccccc1. The van der Waals surface area contributed by atoms with Gasteiger partial charge in [-0.3, -0.25) is 9.59 Å². The molecule has 0 spiro atoms. The van der Waals surface area contributed by atoms with Crippen LogP contribution in [-0.4, -0.2) is 72.1 Å². The van der Waals surface area contributed by atoms with E-state index < -0.39 is 68.6 Å². The van der Waals surface area contributed by atoms with Crippen LogP contribution in [0.3, 0.4) is 0 Å². The van der Waals surface area contributed by atoms with Crippen LogP contribution in [0.25, 0.3) is 0 Å². The second-order valence-electron chi connectivity index (χ2n) is 15.2. The number of carbonyl (C=O) groups excluding carboxylic acids is 3. The first-order valence-electron chi connectivity index (χ1n) is 20.8. The number of halogens is 2. The summed E-state index contributed by atoms with van der Waals surface area (Å²) in [6.45, 7) is 5.43. The predicted molar refractivity (Wildman–Crippen MR) is 230 cm³/mol. The van der Waals surface area contributed by atoms with Crippen molar-refractivity contribution in [2.24, 2.45) is 0 Å². The molecule has 0 aliphatic rings. The Morgan fingerprint density at radius 3 is 1.93 bits per heavy atom. The van der Waals surface area contributed by atoms with Crippen molar-refractivity contribution in [2.45, 2.75) is 115 Å². The van der Waals surface area contributed by atoms with Gasteiger partial charge in [-0.15, -0.1) is 0 Å². The van der Waals surface area contributed by atoms with Crippen molar-refractivity contribution >= 4 is 27.7 Å². The molecule has 0 aromatic heterocycles. The number of aryl methyl sites for hydroxylation is 3. The number of nitrogens with zero attached hydrogens (tertiary/aromatic N) is 1. The number of sulfone groups is 1. The molecule has 0 bridgehead atoms. The minimum Gasteiger partial charge on any atom is -0.445 e. The standard InChI is InChI=1S/C47H59F2N3O7S/c1-4-14-41(15-5-2)60(57,58)33-43(50-45(54)25-23-35-16-9-7-10-17-35)46(55)51-42(24-22-37-27-39(48)29-40(49)28-37)44(53)31-52(30-38-21-13-20-34(6-3)26-38)47(56)59-32-36-18-11-8-12-19-36/h7-13,16-21,26-29,41-44,53H,4-6,14-15,22-25,30-33H2,1-3H3,(H,50,54)(H,51,55)/t42-,43-,44+/m0/s1. The van der Waals surface area contributed by atoms with E-state index in [9.17, 15) is 36.7 Å². The Balaban J connectivity index is 1.64. The molecule has 3 N–H and O–H groups in total. The fourth-order valence-electron chi connectivity index (χ4n) is 7.12. The van der Waals surface area contributed by atoms with Gasteiger partial charge in [0.1, 0.15) is 24.3 Å². The summed E-state index contributed by atoms with van der Waals surface area (Å²) in [4.78, 5) is 42.7. The molecule has 10 nitrogen and oxygen atoms in total. The normalized spacial score (nSPS) is 13.0. The maximum absolute atomic E-state index is 14.3. The molecule has 0 saturated heterocycles. The number of carbonyl (C=O) groups is 3. The number of hydrogen-bond donors (Lipinski definition) is 3. The highest BCUT2D eigenvalue weighted by Gasteiger charge is 2.35. The third kappa shape index (κ3) is 15.8. The Bertz CT molecular complexity index is 2050. The Hall–Kier alpha value is -5.14. The number of hydrogen-bond acceptors (Lipinski definition) is 7. The van der Waals surface area contributed by atoms with Gasteiger partial charge in [0.05, 0.1) is 29.7 Å². The predicted octanol–water partition coefficient (Wildman–Crippen LogP) is 7.65. The lowest BCUT2D eigenvalue weighted by molar-refractivity contribution is -0.129. The maximum Gasteiger partial charge on any atom is 0.410 e. The summed E-state index contributed by atoms with van der Waals surface area (Å²) in [5, 5.41) is 16.6. The largest absolute Gasteiger partial charge is 0.445 e. The Kier molecular flexibility index (Phi) is 19.2. The van der Waals surface area contributed by atoms with Crippen molar-refractivity contribution in [1.29, 1.82) is 0 Å².